The molecule has 0 aromatic heterocycles. The zero-order valence-corrected chi connectivity index (χ0v) is 16.0. The molecule has 1 aromatic rings. The molecule has 2 N–H and O–H groups in total. The number of hydrogen-bond donors (Lipinski definition) is 2. The van der Waals surface area contributed by atoms with Crippen LogP contribution in [0.4, 0.5) is 0 Å². The van der Waals surface area contributed by atoms with Gasteiger partial charge in [0.15, 0.2) is 0 Å². The number of ether oxygens (including phenoxy) is 2. The molecule has 0 amide bonds. The molecule has 1 atom stereocenters. The van der Waals surface area contributed by atoms with Crippen molar-refractivity contribution in [1.29, 1.82) is 0 Å². The van der Waals surface area contributed by atoms with Crippen LogP contribution in [0.1, 0.15) is 44.1 Å². The predicted octanol–water partition coefficient (Wildman–Crippen LogP) is 3.38. The molecule has 0 aliphatic heterocycles. The summed E-state index contributed by atoms with van der Waals surface area (Å²) >= 11 is 0. The Morgan fingerprint density at radius 1 is 1.15 bits per heavy atom. The Morgan fingerprint density at radius 2 is 1.85 bits per heavy atom. The van der Waals surface area contributed by atoms with E-state index in [1.165, 1.54) is 38.5 Å². The molecule has 4 bridgehead atoms. The van der Waals surface area contributed by atoms with Gasteiger partial charge in [-0.2, -0.15) is 0 Å². The van der Waals surface area contributed by atoms with E-state index in [4.69, 9.17) is 9.47 Å². The Kier molecular flexibility index (Phi) is 5.53. The fourth-order valence-corrected chi connectivity index (χ4v) is 6.14. The van der Waals surface area contributed by atoms with Crippen LogP contribution < -0.4 is 10.1 Å². The first-order valence-electron chi connectivity index (χ1n) is 10.2. The van der Waals surface area contributed by atoms with E-state index in [2.05, 4.69) is 5.32 Å². The Labute approximate surface area is 157 Å². The number of aliphatic hydroxyl groups is 1. The maximum Gasteiger partial charge on any atom is 0.119 e. The van der Waals surface area contributed by atoms with Gasteiger partial charge < -0.3 is 19.9 Å². The average molecular weight is 360 g/mol. The van der Waals surface area contributed by atoms with Crippen molar-refractivity contribution in [2.75, 3.05) is 26.8 Å². The summed E-state index contributed by atoms with van der Waals surface area (Å²) in [4.78, 5) is 0. The maximum atomic E-state index is 10.2. The van der Waals surface area contributed by atoms with Crippen molar-refractivity contribution in [2.45, 2.75) is 51.2 Å². The summed E-state index contributed by atoms with van der Waals surface area (Å²) in [5, 5.41) is 13.8. The van der Waals surface area contributed by atoms with Gasteiger partial charge in [0.2, 0.25) is 0 Å². The first-order valence-corrected chi connectivity index (χ1v) is 10.2. The molecule has 0 saturated heterocycles. The molecular formula is C22H33NO3. The molecule has 4 aliphatic rings. The molecule has 26 heavy (non-hydrogen) atoms. The highest BCUT2D eigenvalue weighted by Gasteiger charge is 2.50. The largest absolute Gasteiger partial charge is 0.497 e. The lowest BCUT2D eigenvalue weighted by Gasteiger charge is -2.57. The highest BCUT2D eigenvalue weighted by Crippen LogP contribution is 2.59. The van der Waals surface area contributed by atoms with Crippen LogP contribution in [-0.2, 0) is 11.3 Å². The molecule has 1 aromatic carbocycles. The molecule has 0 radical (unpaired) electrons. The second-order valence-corrected chi connectivity index (χ2v) is 9.07. The molecule has 4 heteroatoms. The van der Waals surface area contributed by atoms with Gasteiger partial charge in [-0.1, -0.05) is 12.1 Å². The molecule has 0 spiro atoms. The van der Waals surface area contributed by atoms with Crippen LogP contribution in [-0.4, -0.2) is 38.0 Å². The van der Waals surface area contributed by atoms with Gasteiger partial charge in [-0.05, 0) is 79.4 Å². The van der Waals surface area contributed by atoms with Crippen LogP contribution >= 0.6 is 0 Å². The van der Waals surface area contributed by atoms with E-state index in [9.17, 15) is 5.11 Å². The van der Waals surface area contributed by atoms with Crippen molar-refractivity contribution in [3.8, 4) is 5.75 Å². The molecule has 144 valence electrons. The van der Waals surface area contributed by atoms with Crippen LogP contribution in [0, 0.1) is 23.2 Å². The third-order valence-corrected chi connectivity index (χ3v) is 6.76. The standard InChI is InChI=1S/C22H33NO3/c1-25-21-4-2-3-16(8-21)13-26-14-20(24)12-23-15-22-9-17-5-18(10-22)7-19(6-17)11-22/h2-4,8,17-20,23-24H,5-7,9-15H2,1H3/t17?,18?,19?,20-,22?/m1/s1. The van der Waals surface area contributed by atoms with Crippen LogP contribution in [0.2, 0.25) is 0 Å². The van der Waals surface area contributed by atoms with Gasteiger partial charge in [0.05, 0.1) is 26.4 Å². The number of methoxy groups -OCH3 is 1. The van der Waals surface area contributed by atoms with Gasteiger partial charge in [0.25, 0.3) is 0 Å². The smallest absolute Gasteiger partial charge is 0.119 e. The number of benzene rings is 1. The highest BCUT2D eigenvalue weighted by molar-refractivity contribution is 5.27. The fourth-order valence-electron chi connectivity index (χ4n) is 6.14. The summed E-state index contributed by atoms with van der Waals surface area (Å²) in [5.41, 5.74) is 1.59. The lowest BCUT2D eigenvalue weighted by Crippen LogP contribution is -2.51. The van der Waals surface area contributed by atoms with E-state index in [1.807, 2.05) is 24.3 Å². The first kappa shape index (κ1) is 18.3. The molecule has 0 heterocycles. The highest BCUT2D eigenvalue weighted by atomic mass is 16.5. The van der Waals surface area contributed by atoms with Crippen LogP contribution in [0.5, 0.6) is 5.75 Å². The van der Waals surface area contributed by atoms with Gasteiger partial charge in [-0.25, -0.2) is 0 Å². The Bertz CT molecular complexity index is 568. The Morgan fingerprint density at radius 3 is 2.50 bits per heavy atom. The quantitative estimate of drug-likeness (QED) is 0.710. The van der Waals surface area contributed by atoms with Crippen molar-refractivity contribution in [3.05, 3.63) is 29.8 Å². The third kappa shape index (κ3) is 4.24. The predicted molar refractivity (Wildman–Crippen MR) is 102 cm³/mol. The first-order chi connectivity index (χ1) is 12.6. The normalized spacial score (nSPS) is 33.4. The van der Waals surface area contributed by atoms with Gasteiger partial charge in [-0.3, -0.25) is 0 Å². The monoisotopic (exact) mass is 359 g/mol. The molecule has 4 nitrogen and oxygen atoms in total. The fraction of sp³-hybridized carbons (Fsp3) is 0.727. The molecule has 0 unspecified atom stereocenters. The topological polar surface area (TPSA) is 50.7 Å². The van der Waals surface area contributed by atoms with E-state index in [0.29, 0.717) is 25.2 Å². The van der Waals surface area contributed by atoms with Gasteiger partial charge in [-0.15, -0.1) is 0 Å². The minimum atomic E-state index is -0.450. The third-order valence-electron chi connectivity index (χ3n) is 6.76. The minimum Gasteiger partial charge on any atom is -0.497 e. The van der Waals surface area contributed by atoms with Crippen LogP contribution in [0.15, 0.2) is 24.3 Å². The second-order valence-electron chi connectivity index (χ2n) is 9.07. The van der Waals surface area contributed by atoms with E-state index in [0.717, 1.165) is 35.6 Å². The molecule has 4 fully saturated rings. The second kappa shape index (κ2) is 7.87. The summed E-state index contributed by atoms with van der Waals surface area (Å²) < 4.78 is 10.9. The molecule has 4 aliphatic carbocycles. The van der Waals surface area contributed by atoms with E-state index >= 15 is 0 Å². The van der Waals surface area contributed by atoms with Gasteiger partial charge >= 0.3 is 0 Å². The van der Waals surface area contributed by atoms with Crippen molar-refractivity contribution in [3.63, 3.8) is 0 Å². The lowest BCUT2D eigenvalue weighted by molar-refractivity contribution is -0.0532. The number of aliphatic hydroxyl groups excluding tert-OH is 1. The average Bonchev–Trinajstić information content (AvgIpc) is 2.60. The molecule has 4 saturated carbocycles. The summed E-state index contributed by atoms with van der Waals surface area (Å²) in [6.07, 6.45) is 8.24. The molecule has 5 rings (SSSR count). The maximum absolute atomic E-state index is 10.2. The Balaban J connectivity index is 1.16. The van der Waals surface area contributed by atoms with Crippen molar-refractivity contribution in [2.24, 2.45) is 23.2 Å². The van der Waals surface area contributed by atoms with Crippen LogP contribution in [0.3, 0.4) is 0 Å². The SMILES string of the molecule is COc1cccc(COC[C@H](O)CNCC23CC4CC(CC(C4)C2)C3)c1. The summed E-state index contributed by atoms with van der Waals surface area (Å²) in [7, 11) is 1.67. The zero-order chi connectivity index (χ0) is 18.0. The van der Waals surface area contributed by atoms with Crippen molar-refractivity contribution >= 4 is 0 Å². The van der Waals surface area contributed by atoms with Gasteiger partial charge in [0, 0.05) is 13.1 Å². The van der Waals surface area contributed by atoms with E-state index < -0.39 is 6.10 Å². The lowest BCUT2D eigenvalue weighted by atomic mass is 9.49. The summed E-state index contributed by atoms with van der Waals surface area (Å²) in [6.45, 7) is 2.57. The molecular weight excluding hydrogens is 326 g/mol. The number of nitrogens with one attached hydrogen (secondary N) is 1. The Hall–Kier alpha value is -1.10. The van der Waals surface area contributed by atoms with E-state index in [1.54, 1.807) is 7.11 Å². The van der Waals surface area contributed by atoms with Crippen molar-refractivity contribution in [1.82, 2.24) is 5.32 Å². The zero-order valence-electron chi connectivity index (χ0n) is 16.0. The van der Waals surface area contributed by atoms with Crippen molar-refractivity contribution < 1.29 is 14.6 Å². The number of hydrogen-bond acceptors (Lipinski definition) is 4. The van der Waals surface area contributed by atoms with E-state index in [-0.39, 0.29) is 0 Å². The minimum absolute atomic E-state index is 0.366. The summed E-state index contributed by atoms with van der Waals surface area (Å²) in [6, 6.07) is 7.87. The summed E-state index contributed by atoms with van der Waals surface area (Å²) in [5.74, 6) is 3.79. The van der Waals surface area contributed by atoms with Gasteiger partial charge in [0.1, 0.15) is 5.75 Å². The number of rotatable bonds is 9. The van der Waals surface area contributed by atoms with Crippen LogP contribution in [0.25, 0.3) is 0 Å².